The van der Waals surface area contributed by atoms with Crippen LogP contribution >= 0.6 is 0 Å². The van der Waals surface area contributed by atoms with E-state index in [0.717, 1.165) is 12.0 Å². The highest BCUT2D eigenvalue weighted by atomic mass is 16.3. The van der Waals surface area contributed by atoms with Crippen LogP contribution in [-0.2, 0) is 6.42 Å². The summed E-state index contributed by atoms with van der Waals surface area (Å²) in [6.45, 7) is 0.499. The molecule has 0 saturated heterocycles. The van der Waals surface area contributed by atoms with Gasteiger partial charge >= 0.3 is 0 Å². The summed E-state index contributed by atoms with van der Waals surface area (Å²) < 4.78 is 0. The van der Waals surface area contributed by atoms with Crippen LogP contribution in [0.15, 0.2) is 48.5 Å². The third kappa shape index (κ3) is 3.74. The zero-order chi connectivity index (χ0) is 13.7. The van der Waals surface area contributed by atoms with Crippen molar-refractivity contribution in [1.29, 1.82) is 0 Å². The number of carbonyl (C=O) groups excluding carboxylic acids is 1. The third-order valence-electron chi connectivity index (χ3n) is 2.71. The fourth-order valence-corrected chi connectivity index (χ4v) is 1.79. The number of amides is 1. The van der Waals surface area contributed by atoms with Crippen molar-refractivity contribution in [2.75, 3.05) is 6.54 Å². The van der Waals surface area contributed by atoms with Crippen molar-refractivity contribution in [1.82, 2.24) is 5.32 Å². The second kappa shape index (κ2) is 5.91. The summed E-state index contributed by atoms with van der Waals surface area (Å²) in [5.41, 5.74) is 1.38. The van der Waals surface area contributed by atoms with Crippen LogP contribution in [0.25, 0.3) is 0 Å². The predicted molar refractivity (Wildman–Crippen MR) is 72.3 cm³/mol. The molecule has 19 heavy (non-hydrogen) atoms. The predicted octanol–water partition coefficient (Wildman–Crippen LogP) is 2.07. The zero-order valence-corrected chi connectivity index (χ0v) is 10.3. The Kier molecular flexibility index (Phi) is 4.03. The van der Waals surface area contributed by atoms with Gasteiger partial charge in [-0.2, -0.15) is 0 Å². The molecule has 2 aromatic rings. The van der Waals surface area contributed by atoms with Gasteiger partial charge < -0.3 is 15.5 Å². The quantitative estimate of drug-likeness (QED) is 0.785. The van der Waals surface area contributed by atoms with Gasteiger partial charge in [0.2, 0.25) is 0 Å². The van der Waals surface area contributed by atoms with Crippen LogP contribution < -0.4 is 5.32 Å². The summed E-state index contributed by atoms with van der Waals surface area (Å²) in [5, 5.41) is 21.4. The first-order valence-electron chi connectivity index (χ1n) is 6.00. The molecule has 0 aromatic heterocycles. The molecule has 0 aliphatic rings. The summed E-state index contributed by atoms with van der Waals surface area (Å²) in [6, 6.07) is 13.6. The number of hydrogen-bond acceptors (Lipinski definition) is 3. The van der Waals surface area contributed by atoms with Gasteiger partial charge in [0.25, 0.3) is 5.91 Å². The molecule has 0 aliphatic heterocycles. The fourth-order valence-electron chi connectivity index (χ4n) is 1.79. The largest absolute Gasteiger partial charge is 0.508 e. The molecule has 0 spiro atoms. The minimum absolute atomic E-state index is 0.131. The molecule has 0 radical (unpaired) electrons. The number of phenolic OH excluding ortho intramolecular Hbond substituents is 2. The lowest BCUT2D eigenvalue weighted by Gasteiger charge is -2.06. The van der Waals surface area contributed by atoms with Crippen molar-refractivity contribution in [3.8, 4) is 11.5 Å². The van der Waals surface area contributed by atoms with Gasteiger partial charge in [-0.25, -0.2) is 0 Å². The lowest BCUT2D eigenvalue weighted by atomic mass is 10.1. The van der Waals surface area contributed by atoms with E-state index in [1.165, 1.54) is 18.2 Å². The molecule has 4 heteroatoms. The van der Waals surface area contributed by atoms with Crippen LogP contribution in [0.5, 0.6) is 11.5 Å². The molecule has 0 fully saturated rings. The highest BCUT2D eigenvalue weighted by Gasteiger charge is 2.07. The van der Waals surface area contributed by atoms with Gasteiger partial charge in [-0.1, -0.05) is 30.3 Å². The van der Waals surface area contributed by atoms with Crippen LogP contribution in [0.2, 0.25) is 0 Å². The minimum Gasteiger partial charge on any atom is -0.508 e. The molecule has 3 N–H and O–H groups in total. The average molecular weight is 257 g/mol. The Morgan fingerprint density at radius 3 is 2.26 bits per heavy atom. The van der Waals surface area contributed by atoms with Crippen LogP contribution in [-0.4, -0.2) is 22.7 Å². The summed E-state index contributed by atoms with van der Waals surface area (Å²) in [6.07, 6.45) is 0.734. The molecule has 2 aromatic carbocycles. The van der Waals surface area contributed by atoms with E-state index in [4.69, 9.17) is 0 Å². The highest BCUT2D eigenvalue weighted by molar-refractivity contribution is 5.95. The van der Waals surface area contributed by atoms with Crippen LogP contribution in [0.3, 0.4) is 0 Å². The first kappa shape index (κ1) is 13.0. The molecular weight excluding hydrogens is 242 g/mol. The van der Waals surface area contributed by atoms with Crippen molar-refractivity contribution in [3.63, 3.8) is 0 Å². The summed E-state index contributed by atoms with van der Waals surface area (Å²) in [4.78, 5) is 11.8. The van der Waals surface area contributed by atoms with Crippen molar-refractivity contribution in [3.05, 3.63) is 59.7 Å². The number of hydrogen-bond donors (Lipinski definition) is 3. The lowest BCUT2D eigenvalue weighted by molar-refractivity contribution is 0.0953. The van der Waals surface area contributed by atoms with Crippen molar-refractivity contribution < 1.29 is 15.0 Å². The maximum atomic E-state index is 11.8. The number of benzene rings is 2. The van der Waals surface area contributed by atoms with Gasteiger partial charge in [-0.3, -0.25) is 4.79 Å². The van der Waals surface area contributed by atoms with E-state index in [1.807, 2.05) is 30.3 Å². The molecule has 0 unspecified atom stereocenters. The first-order valence-corrected chi connectivity index (χ1v) is 6.00. The molecule has 0 aliphatic carbocycles. The summed E-state index contributed by atoms with van der Waals surface area (Å²) in [5.74, 6) is -0.580. The molecule has 98 valence electrons. The topological polar surface area (TPSA) is 69.6 Å². The van der Waals surface area contributed by atoms with Crippen LogP contribution in [0, 0.1) is 0 Å². The lowest BCUT2D eigenvalue weighted by Crippen LogP contribution is -2.25. The van der Waals surface area contributed by atoms with Gasteiger partial charge in [0.05, 0.1) is 0 Å². The van der Waals surface area contributed by atoms with Crippen molar-refractivity contribution in [2.24, 2.45) is 0 Å². The van der Waals surface area contributed by atoms with E-state index in [1.54, 1.807) is 0 Å². The Hall–Kier alpha value is -2.49. The number of rotatable bonds is 4. The van der Waals surface area contributed by atoms with E-state index >= 15 is 0 Å². The van der Waals surface area contributed by atoms with E-state index in [9.17, 15) is 15.0 Å². The maximum Gasteiger partial charge on any atom is 0.251 e. The maximum absolute atomic E-state index is 11.8. The Balaban J connectivity index is 1.91. The molecule has 0 atom stereocenters. The van der Waals surface area contributed by atoms with E-state index < -0.39 is 0 Å². The van der Waals surface area contributed by atoms with Gasteiger partial charge in [0, 0.05) is 18.2 Å². The van der Waals surface area contributed by atoms with E-state index in [-0.39, 0.29) is 23.0 Å². The molecule has 1 amide bonds. The van der Waals surface area contributed by atoms with Crippen molar-refractivity contribution >= 4 is 5.91 Å². The van der Waals surface area contributed by atoms with E-state index in [2.05, 4.69) is 5.32 Å². The smallest absolute Gasteiger partial charge is 0.251 e. The fraction of sp³-hybridized carbons (Fsp3) is 0.133. The Bertz CT molecular complexity index is 547. The van der Waals surface area contributed by atoms with Gasteiger partial charge in [-0.05, 0) is 24.1 Å². The zero-order valence-electron chi connectivity index (χ0n) is 10.3. The average Bonchev–Trinajstić information content (AvgIpc) is 2.38. The SMILES string of the molecule is O=C(NCCc1ccccc1)c1cc(O)cc(O)c1. The molecule has 0 bridgehead atoms. The Labute approximate surface area is 111 Å². The second-order valence-electron chi connectivity index (χ2n) is 4.23. The van der Waals surface area contributed by atoms with E-state index in [0.29, 0.717) is 6.54 Å². The third-order valence-corrected chi connectivity index (χ3v) is 2.71. The first-order chi connectivity index (χ1) is 9.15. The number of nitrogens with one attached hydrogen (secondary N) is 1. The molecule has 0 saturated carbocycles. The molecular formula is C15H15NO3. The van der Waals surface area contributed by atoms with Gasteiger partial charge in [-0.15, -0.1) is 0 Å². The van der Waals surface area contributed by atoms with Gasteiger partial charge in [0.15, 0.2) is 0 Å². The monoisotopic (exact) mass is 257 g/mol. The van der Waals surface area contributed by atoms with Crippen LogP contribution in [0.1, 0.15) is 15.9 Å². The summed E-state index contributed by atoms with van der Waals surface area (Å²) >= 11 is 0. The van der Waals surface area contributed by atoms with Crippen LogP contribution in [0.4, 0.5) is 0 Å². The molecule has 4 nitrogen and oxygen atoms in total. The number of carbonyl (C=O) groups is 1. The Morgan fingerprint density at radius 1 is 1.00 bits per heavy atom. The van der Waals surface area contributed by atoms with Gasteiger partial charge in [0.1, 0.15) is 11.5 Å². The van der Waals surface area contributed by atoms with Crippen molar-refractivity contribution in [2.45, 2.75) is 6.42 Å². The number of aromatic hydroxyl groups is 2. The summed E-state index contributed by atoms with van der Waals surface area (Å²) in [7, 11) is 0. The normalized spacial score (nSPS) is 10.1. The second-order valence-corrected chi connectivity index (χ2v) is 4.23. The highest BCUT2D eigenvalue weighted by Crippen LogP contribution is 2.20. The Morgan fingerprint density at radius 2 is 1.63 bits per heavy atom. The minimum atomic E-state index is -0.317. The molecule has 0 heterocycles. The number of phenols is 2. The molecule has 2 rings (SSSR count). The standard InChI is InChI=1S/C15H15NO3/c17-13-8-12(9-14(18)10-13)15(19)16-7-6-11-4-2-1-3-5-11/h1-5,8-10,17-18H,6-7H2,(H,16,19).